The Bertz CT molecular complexity index is 1050. The van der Waals surface area contributed by atoms with Gasteiger partial charge in [-0.2, -0.15) is 5.10 Å². The molecule has 2 aromatic carbocycles. The van der Waals surface area contributed by atoms with Crippen LogP contribution in [-0.4, -0.2) is 27.7 Å². The van der Waals surface area contributed by atoms with Gasteiger partial charge in [-0.15, -0.1) is 0 Å². The SMILES string of the molecule is O=C(O)CCC(=O)N1N=C2/C(=C/c3ccc(Br)cc3)CCC[C@@H]2[C@@H]1c1ccc(Br)cc1. The van der Waals surface area contributed by atoms with Gasteiger partial charge in [0.05, 0.1) is 18.2 Å². The summed E-state index contributed by atoms with van der Waals surface area (Å²) in [6.45, 7) is 0. The number of hydrogen-bond donors (Lipinski definition) is 1. The van der Waals surface area contributed by atoms with Gasteiger partial charge in [0.25, 0.3) is 0 Å². The largest absolute Gasteiger partial charge is 0.481 e. The lowest BCUT2D eigenvalue weighted by Gasteiger charge is -2.29. The molecule has 0 radical (unpaired) electrons. The van der Waals surface area contributed by atoms with Crippen LogP contribution in [0, 0.1) is 5.92 Å². The highest BCUT2D eigenvalue weighted by molar-refractivity contribution is 9.10. The average molecular weight is 546 g/mol. The smallest absolute Gasteiger partial charge is 0.303 e. The van der Waals surface area contributed by atoms with Crippen molar-refractivity contribution in [2.24, 2.45) is 11.0 Å². The molecule has 7 heteroatoms. The molecule has 1 fully saturated rings. The van der Waals surface area contributed by atoms with E-state index in [0.717, 1.165) is 50.6 Å². The predicted octanol–water partition coefficient (Wildman–Crippen LogP) is 6.20. The van der Waals surface area contributed by atoms with Gasteiger partial charge in [-0.05, 0) is 66.3 Å². The number of nitrogens with zero attached hydrogens (tertiary/aromatic N) is 2. The van der Waals surface area contributed by atoms with E-state index in [1.165, 1.54) is 5.01 Å². The van der Waals surface area contributed by atoms with E-state index in [2.05, 4.69) is 50.1 Å². The maximum atomic E-state index is 13.0. The van der Waals surface area contributed by atoms with Crippen molar-refractivity contribution in [2.75, 3.05) is 0 Å². The monoisotopic (exact) mass is 544 g/mol. The zero-order valence-electron chi connectivity index (χ0n) is 16.8. The molecule has 0 bridgehead atoms. The second kappa shape index (κ2) is 9.49. The Hall–Kier alpha value is -2.25. The van der Waals surface area contributed by atoms with Crippen molar-refractivity contribution in [3.05, 3.63) is 74.2 Å². The number of carbonyl (C=O) groups excluding carboxylic acids is 1. The van der Waals surface area contributed by atoms with E-state index in [4.69, 9.17) is 10.2 Å². The van der Waals surface area contributed by atoms with Crippen LogP contribution < -0.4 is 0 Å². The third-order valence-electron chi connectivity index (χ3n) is 5.73. The lowest BCUT2D eigenvalue weighted by molar-refractivity contribution is -0.141. The first-order chi connectivity index (χ1) is 14.9. The number of hydrazone groups is 1. The number of halogens is 2. The van der Waals surface area contributed by atoms with Crippen LogP contribution in [0.15, 0.2) is 68.2 Å². The van der Waals surface area contributed by atoms with Crippen LogP contribution in [0.25, 0.3) is 6.08 Å². The molecular formula is C24H22Br2N2O3. The van der Waals surface area contributed by atoms with E-state index < -0.39 is 5.97 Å². The summed E-state index contributed by atoms with van der Waals surface area (Å²) < 4.78 is 2.00. The standard InChI is InChI=1S/C24H22Br2N2O3/c25-18-8-4-15(5-9-18)14-17-2-1-3-20-23(17)27-28(21(29)12-13-22(30)31)24(20)16-6-10-19(26)11-7-16/h4-11,14,20,24H,1-3,12-13H2,(H,30,31)/b17-14+/t20-,24-/m0/s1. The fraction of sp³-hybridized carbons (Fsp3) is 0.292. The Balaban J connectivity index is 1.70. The molecule has 1 aliphatic heterocycles. The van der Waals surface area contributed by atoms with Crippen LogP contribution in [-0.2, 0) is 9.59 Å². The molecular weight excluding hydrogens is 524 g/mol. The number of aliphatic carboxylic acids is 1. The Kier molecular flexibility index (Phi) is 6.72. The maximum absolute atomic E-state index is 13.0. The van der Waals surface area contributed by atoms with Crippen molar-refractivity contribution in [1.29, 1.82) is 0 Å². The van der Waals surface area contributed by atoms with Gasteiger partial charge in [-0.25, -0.2) is 5.01 Å². The molecule has 1 heterocycles. The zero-order valence-corrected chi connectivity index (χ0v) is 20.0. The van der Waals surface area contributed by atoms with Gasteiger partial charge in [-0.3, -0.25) is 9.59 Å². The average Bonchev–Trinajstić information content (AvgIpc) is 3.15. The van der Waals surface area contributed by atoms with Crippen molar-refractivity contribution in [3.8, 4) is 0 Å². The number of fused-ring (bicyclic) bond motifs is 1. The number of carbonyl (C=O) groups is 2. The Morgan fingerprint density at radius 1 is 1.03 bits per heavy atom. The van der Waals surface area contributed by atoms with E-state index in [0.29, 0.717) is 0 Å². The summed E-state index contributed by atoms with van der Waals surface area (Å²) in [4.78, 5) is 24.0. The normalized spacial score (nSPS) is 21.7. The number of rotatable bonds is 5. The van der Waals surface area contributed by atoms with E-state index in [-0.39, 0.29) is 30.7 Å². The number of carboxylic acids is 1. The summed E-state index contributed by atoms with van der Waals surface area (Å²) >= 11 is 6.94. The molecule has 2 aliphatic rings. The number of amides is 1. The van der Waals surface area contributed by atoms with E-state index in [1.807, 2.05) is 36.4 Å². The van der Waals surface area contributed by atoms with Gasteiger partial charge in [0.1, 0.15) is 0 Å². The number of carboxylic acid groups (broad SMARTS) is 1. The van der Waals surface area contributed by atoms with E-state index in [1.54, 1.807) is 0 Å². The van der Waals surface area contributed by atoms with Gasteiger partial charge in [-0.1, -0.05) is 56.1 Å². The molecule has 0 saturated heterocycles. The first-order valence-corrected chi connectivity index (χ1v) is 11.9. The number of benzene rings is 2. The van der Waals surface area contributed by atoms with Gasteiger partial charge in [0, 0.05) is 21.3 Å². The molecule has 0 unspecified atom stereocenters. The summed E-state index contributed by atoms with van der Waals surface area (Å²) in [6, 6.07) is 15.9. The summed E-state index contributed by atoms with van der Waals surface area (Å²) in [6.07, 6.45) is 4.78. The lowest BCUT2D eigenvalue weighted by Crippen LogP contribution is -2.32. The fourth-order valence-electron chi connectivity index (χ4n) is 4.29. The van der Waals surface area contributed by atoms with Crippen LogP contribution >= 0.6 is 31.9 Å². The minimum Gasteiger partial charge on any atom is -0.481 e. The maximum Gasteiger partial charge on any atom is 0.303 e. The van der Waals surface area contributed by atoms with E-state index in [9.17, 15) is 9.59 Å². The molecule has 160 valence electrons. The molecule has 1 N–H and O–H groups in total. The first kappa shape index (κ1) is 22.0. The zero-order chi connectivity index (χ0) is 22.0. The molecule has 2 atom stereocenters. The summed E-state index contributed by atoms with van der Waals surface area (Å²) in [5.74, 6) is -1.13. The lowest BCUT2D eigenvalue weighted by atomic mass is 9.77. The van der Waals surface area contributed by atoms with Crippen molar-refractivity contribution in [2.45, 2.75) is 38.1 Å². The van der Waals surface area contributed by atoms with Crippen LogP contribution in [0.2, 0.25) is 0 Å². The van der Waals surface area contributed by atoms with Gasteiger partial charge >= 0.3 is 5.97 Å². The molecule has 4 rings (SSSR count). The third kappa shape index (κ3) is 4.99. The molecule has 1 saturated carbocycles. The van der Waals surface area contributed by atoms with Gasteiger partial charge in [0.2, 0.25) is 5.91 Å². The van der Waals surface area contributed by atoms with Crippen LogP contribution in [0.5, 0.6) is 0 Å². The minimum atomic E-state index is -0.978. The molecule has 1 amide bonds. The van der Waals surface area contributed by atoms with Crippen LogP contribution in [0.1, 0.15) is 49.3 Å². The highest BCUT2D eigenvalue weighted by Crippen LogP contribution is 2.44. The molecule has 0 aromatic heterocycles. The fourth-order valence-corrected chi connectivity index (χ4v) is 4.82. The van der Waals surface area contributed by atoms with Crippen LogP contribution in [0.4, 0.5) is 0 Å². The summed E-state index contributed by atoms with van der Waals surface area (Å²) in [5, 5.41) is 15.3. The van der Waals surface area contributed by atoms with Crippen molar-refractivity contribution < 1.29 is 14.7 Å². The second-order valence-corrected chi connectivity index (χ2v) is 9.66. The molecule has 2 aromatic rings. The predicted molar refractivity (Wildman–Crippen MR) is 127 cm³/mol. The third-order valence-corrected chi connectivity index (χ3v) is 6.79. The van der Waals surface area contributed by atoms with Crippen molar-refractivity contribution in [1.82, 2.24) is 5.01 Å². The van der Waals surface area contributed by atoms with E-state index >= 15 is 0 Å². The van der Waals surface area contributed by atoms with Gasteiger partial charge in [0.15, 0.2) is 0 Å². The van der Waals surface area contributed by atoms with Crippen molar-refractivity contribution >= 4 is 55.5 Å². The first-order valence-electron chi connectivity index (χ1n) is 10.3. The van der Waals surface area contributed by atoms with Crippen LogP contribution in [0.3, 0.4) is 0 Å². The molecule has 5 nitrogen and oxygen atoms in total. The Labute approximate surface area is 198 Å². The van der Waals surface area contributed by atoms with Gasteiger partial charge < -0.3 is 5.11 Å². The second-order valence-electron chi connectivity index (χ2n) is 7.83. The Morgan fingerprint density at radius 3 is 2.32 bits per heavy atom. The number of hydrogen-bond acceptors (Lipinski definition) is 3. The quantitative estimate of drug-likeness (QED) is 0.486. The molecule has 31 heavy (non-hydrogen) atoms. The topological polar surface area (TPSA) is 70.0 Å². The minimum absolute atomic E-state index is 0.0579. The highest BCUT2D eigenvalue weighted by Gasteiger charge is 2.43. The molecule has 1 aliphatic carbocycles. The highest BCUT2D eigenvalue weighted by atomic mass is 79.9. The Morgan fingerprint density at radius 2 is 1.68 bits per heavy atom. The van der Waals surface area contributed by atoms with Crippen molar-refractivity contribution in [3.63, 3.8) is 0 Å². The summed E-state index contributed by atoms with van der Waals surface area (Å²) in [5.41, 5.74) is 4.21. The summed E-state index contributed by atoms with van der Waals surface area (Å²) in [7, 11) is 0. The number of allylic oxidation sites excluding steroid dienone is 1. The molecule has 0 spiro atoms.